The van der Waals surface area contributed by atoms with Crippen LogP contribution in [0.3, 0.4) is 0 Å². The van der Waals surface area contributed by atoms with E-state index in [1.54, 1.807) is 0 Å². The zero-order valence-electron chi connectivity index (χ0n) is 55.9. The highest BCUT2D eigenvalue weighted by atomic mass is 15.0. The predicted octanol–water partition coefficient (Wildman–Crippen LogP) is 24.9. The third kappa shape index (κ3) is 6.24. The van der Waals surface area contributed by atoms with Crippen LogP contribution in [0.2, 0.25) is 0 Å². The molecule has 2 atom stereocenters. The summed E-state index contributed by atoms with van der Waals surface area (Å²) >= 11 is 0. The Morgan fingerprint density at radius 1 is 0.165 bits per heavy atom. The maximum Gasteiger partial charge on any atom is 0.0754 e. The van der Waals surface area contributed by atoms with E-state index in [9.17, 15) is 0 Å². The fourth-order valence-electron chi connectivity index (χ4n) is 22.0. The van der Waals surface area contributed by atoms with E-state index in [2.05, 4.69) is 361 Å². The van der Waals surface area contributed by atoms with Crippen molar-refractivity contribution < 1.29 is 0 Å². The van der Waals surface area contributed by atoms with Gasteiger partial charge in [0.1, 0.15) is 0 Å². The van der Waals surface area contributed by atoms with Crippen LogP contribution < -0.4 is 0 Å². The zero-order chi connectivity index (χ0) is 66.8. The third-order valence-electron chi connectivity index (χ3n) is 25.3. The number of hydrogen-bond acceptors (Lipinski definition) is 0. The molecule has 472 valence electrons. The molecule has 4 heterocycles. The van der Waals surface area contributed by atoms with Gasteiger partial charge in [0.2, 0.25) is 0 Å². The first-order valence-electron chi connectivity index (χ1n) is 36.3. The number of nitrogens with zero attached hydrogens (tertiary/aromatic N) is 2. The van der Waals surface area contributed by atoms with Crippen molar-refractivity contribution in [2.45, 2.75) is 16.2 Å². The van der Waals surface area contributed by atoms with Gasteiger partial charge in [-0.1, -0.05) is 322 Å². The van der Waals surface area contributed by atoms with Crippen molar-refractivity contribution in [3.8, 4) is 89.3 Å². The molecular weight excluding hydrogens is 1240 g/mol. The lowest BCUT2D eigenvalue weighted by molar-refractivity contribution is 0.748. The van der Waals surface area contributed by atoms with Crippen molar-refractivity contribution in [3.63, 3.8) is 0 Å². The summed E-state index contributed by atoms with van der Waals surface area (Å²) < 4.78 is 5.11. The van der Waals surface area contributed by atoms with Gasteiger partial charge >= 0.3 is 0 Å². The van der Waals surface area contributed by atoms with Gasteiger partial charge in [-0.05, 0) is 197 Å². The van der Waals surface area contributed by atoms with Crippen LogP contribution in [0.5, 0.6) is 0 Å². The number of hydrogen-bond donors (Lipinski definition) is 0. The number of aromatic nitrogens is 2. The second-order valence-corrected chi connectivity index (χ2v) is 29.4. The molecule has 0 radical (unpaired) electrons. The van der Waals surface area contributed by atoms with Gasteiger partial charge in [-0.3, -0.25) is 0 Å². The average molecular weight is 1300 g/mol. The van der Waals surface area contributed by atoms with E-state index >= 15 is 0 Å². The van der Waals surface area contributed by atoms with Gasteiger partial charge in [-0.25, -0.2) is 0 Å². The lowest BCUT2D eigenvalue weighted by Gasteiger charge is -2.39. The number of benzene rings is 17. The summed E-state index contributed by atoms with van der Waals surface area (Å²) in [5.74, 6) is 0. The predicted molar refractivity (Wildman–Crippen MR) is 424 cm³/mol. The lowest BCUT2D eigenvalue weighted by atomic mass is 9.65. The molecule has 2 unspecified atom stereocenters. The number of para-hydroxylation sites is 6. The summed E-state index contributed by atoms with van der Waals surface area (Å²) in [6.07, 6.45) is 0. The van der Waals surface area contributed by atoms with Crippen LogP contribution in [0, 0.1) is 0 Å². The molecule has 17 aromatic carbocycles. The molecule has 0 N–H and O–H groups in total. The van der Waals surface area contributed by atoms with Gasteiger partial charge in [0.15, 0.2) is 0 Å². The SMILES string of the molecule is c1ccc2c(c1)-c1ccccc1C21c2ccccc2-c2cccc(-c3c4cccc(-c5cccc6c5-c5ccccc5C65c6ccccc6-n6c7ccccc7c7cccc5c76)c4cc4c(-c5cccc6c5-c5ccccc5C65c6ccccc6-n6c7ccccc7c7cccc5c76)cccc34)c21. The average Bonchev–Trinajstić information content (AvgIpc) is 1.53. The summed E-state index contributed by atoms with van der Waals surface area (Å²) in [7, 11) is 0. The number of rotatable bonds is 3. The number of fused-ring (bicyclic) bond motifs is 36. The Bertz CT molecular complexity index is 6760. The molecule has 0 saturated carbocycles. The van der Waals surface area contributed by atoms with Crippen LogP contribution in [0.15, 0.2) is 352 Å². The highest BCUT2D eigenvalue weighted by Crippen LogP contribution is 2.68. The quantitative estimate of drug-likeness (QED) is 0.156. The highest BCUT2D eigenvalue weighted by Gasteiger charge is 2.56. The molecule has 0 fully saturated rings. The molecule has 6 aliphatic rings. The molecule has 3 spiro atoms. The molecule has 25 rings (SSSR count). The van der Waals surface area contributed by atoms with E-state index in [-0.39, 0.29) is 0 Å². The van der Waals surface area contributed by atoms with Crippen LogP contribution in [-0.2, 0) is 16.2 Å². The Kier molecular flexibility index (Phi) is 10.2. The lowest BCUT2D eigenvalue weighted by Crippen LogP contribution is -2.33. The Balaban J connectivity index is 0.812. The minimum Gasteiger partial charge on any atom is -0.309 e. The van der Waals surface area contributed by atoms with Crippen LogP contribution in [0.4, 0.5) is 0 Å². The molecule has 2 aliphatic heterocycles. The van der Waals surface area contributed by atoms with Crippen LogP contribution in [-0.4, -0.2) is 9.13 Å². The largest absolute Gasteiger partial charge is 0.309 e. The minimum atomic E-state index is -0.623. The monoisotopic (exact) mass is 1300 g/mol. The van der Waals surface area contributed by atoms with Gasteiger partial charge in [0.05, 0.1) is 49.7 Å². The van der Waals surface area contributed by atoms with Crippen molar-refractivity contribution in [3.05, 3.63) is 419 Å². The molecule has 19 aromatic rings. The smallest absolute Gasteiger partial charge is 0.0754 e. The van der Waals surface area contributed by atoms with E-state index in [1.807, 2.05) is 0 Å². The molecule has 0 saturated heterocycles. The van der Waals surface area contributed by atoms with Crippen molar-refractivity contribution in [1.82, 2.24) is 9.13 Å². The molecule has 2 nitrogen and oxygen atoms in total. The Labute approximate surface area is 594 Å². The van der Waals surface area contributed by atoms with Gasteiger partial charge in [-0.2, -0.15) is 0 Å². The van der Waals surface area contributed by atoms with Gasteiger partial charge < -0.3 is 9.13 Å². The highest BCUT2D eigenvalue weighted by molar-refractivity contribution is 6.23. The molecule has 2 aromatic heterocycles. The van der Waals surface area contributed by atoms with Gasteiger partial charge in [0.25, 0.3) is 0 Å². The van der Waals surface area contributed by atoms with Crippen LogP contribution in [0.25, 0.3) is 154 Å². The maximum atomic E-state index is 2.61. The summed E-state index contributed by atoms with van der Waals surface area (Å²) in [4.78, 5) is 0. The molecule has 4 aliphatic carbocycles. The minimum absolute atomic E-state index is 0.605. The van der Waals surface area contributed by atoms with E-state index in [4.69, 9.17) is 0 Å². The van der Waals surface area contributed by atoms with E-state index in [0.29, 0.717) is 0 Å². The first kappa shape index (κ1) is 54.7. The first-order chi connectivity index (χ1) is 51.2. The molecule has 103 heavy (non-hydrogen) atoms. The zero-order valence-corrected chi connectivity index (χ0v) is 55.9. The van der Waals surface area contributed by atoms with E-state index < -0.39 is 16.2 Å². The van der Waals surface area contributed by atoms with Crippen LogP contribution >= 0.6 is 0 Å². The summed E-state index contributed by atoms with van der Waals surface area (Å²) in [5.41, 5.74) is 39.1. The fourth-order valence-corrected chi connectivity index (χ4v) is 22.0. The summed E-state index contributed by atoms with van der Waals surface area (Å²) in [5, 5.41) is 9.99. The summed E-state index contributed by atoms with van der Waals surface area (Å²) in [6, 6.07) is 136. The maximum absolute atomic E-state index is 2.61. The molecule has 0 amide bonds. The van der Waals surface area contributed by atoms with Crippen LogP contribution in [0.1, 0.15) is 66.8 Å². The van der Waals surface area contributed by atoms with Crippen molar-refractivity contribution in [2.75, 3.05) is 0 Å². The van der Waals surface area contributed by atoms with Gasteiger partial charge in [0, 0.05) is 21.5 Å². The normalized spacial score (nSPS) is 16.5. The van der Waals surface area contributed by atoms with E-state index in [1.165, 1.54) is 221 Å². The van der Waals surface area contributed by atoms with Crippen molar-refractivity contribution in [2.24, 2.45) is 0 Å². The van der Waals surface area contributed by atoms with Crippen molar-refractivity contribution in [1.29, 1.82) is 0 Å². The van der Waals surface area contributed by atoms with E-state index in [0.717, 1.165) is 0 Å². The Hall–Kier alpha value is -13.1. The summed E-state index contributed by atoms with van der Waals surface area (Å²) in [6.45, 7) is 0. The molecular formula is C101H58N2. The topological polar surface area (TPSA) is 9.86 Å². The Morgan fingerprint density at radius 3 is 0.951 bits per heavy atom. The van der Waals surface area contributed by atoms with Crippen molar-refractivity contribution >= 4 is 65.2 Å². The first-order valence-corrected chi connectivity index (χ1v) is 36.3. The fraction of sp³-hybridized carbons (Fsp3) is 0.0297. The Morgan fingerprint density at radius 2 is 0.466 bits per heavy atom. The van der Waals surface area contributed by atoms with Gasteiger partial charge in [-0.15, -0.1) is 0 Å². The second-order valence-electron chi connectivity index (χ2n) is 29.4. The molecule has 0 bridgehead atoms. The third-order valence-corrected chi connectivity index (χ3v) is 25.3. The second kappa shape index (κ2) is 19.2. The molecule has 2 heteroatoms. The standard InChI is InChI=1S/C101H58N2/c1-8-43-78-61(26-1)62-27-2-9-44-79(62)101(78)80-45-10-3-28-63(80)70-39-21-42-75(96(70)101)93-68-35-19-33-59(66-37-22-50-85-94(66)73-31-4-11-46-81(73)99(85)83-48-13-17-56-91(83)102-89-54-15-6-29-64(89)71-40-24-52-87(99)97(71)102)76(68)58-77-60(34-20-36-69(77)93)67-38-23-51-86-95(67)74-32-5-12-47-82(74)100(86)84-49-14-18-57-92(84)103-90-55-16-7-30-65(90)72-41-25-53-88(100)98(72)103/h1-58H.